The molecule has 0 N–H and O–H groups in total. The summed E-state index contributed by atoms with van der Waals surface area (Å²) in [5.74, 6) is 0. The summed E-state index contributed by atoms with van der Waals surface area (Å²) in [6.45, 7) is 10.0. The highest BCUT2D eigenvalue weighted by Gasteiger charge is 2.32. The molecule has 16 aromatic carbocycles. The van der Waals surface area contributed by atoms with Crippen LogP contribution in [-0.2, 0) is 0 Å². The third-order valence-electron chi connectivity index (χ3n) is 23.5. The molecule has 22 aromatic rings. The number of benzene rings is 16. The summed E-state index contributed by atoms with van der Waals surface area (Å²) in [5, 5.41) is 20.8. The Bertz CT molecular complexity index is 6360. The second-order valence-electron chi connectivity index (χ2n) is 30.0. The third kappa shape index (κ3) is 9.77. The molecular weight excluding hydrogens is 1340 g/mol. The summed E-state index contributed by atoms with van der Waals surface area (Å²) in [6, 6.07) is 139. The maximum atomic E-state index is 2.55. The molecule has 6 aromatic heterocycles. The first kappa shape index (κ1) is 63.2. The normalized spacial score (nSPS) is 12.3. The predicted molar refractivity (Wildman–Crippen MR) is 465 cm³/mol. The Balaban J connectivity index is 0.000000155. The molecular formula is C100H74N6Si2. The summed E-state index contributed by atoms with van der Waals surface area (Å²) in [5.41, 5.74) is 21.7. The maximum absolute atomic E-state index is 2.62. The summed E-state index contributed by atoms with van der Waals surface area (Å²) >= 11 is 0. The molecule has 0 radical (unpaired) electrons. The molecule has 6 nitrogen and oxygen atoms in total. The Hall–Kier alpha value is -13.2. The smallest absolute Gasteiger partial charge is 0.112 e. The molecule has 512 valence electrons. The van der Waals surface area contributed by atoms with Crippen molar-refractivity contribution in [3.05, 3.63) is 376 Å². The van der Waals surface area contributed by atoms with Gasteiger partial charge in [0.2, 0.25) is 0 Å². The van der Waals surface area contributed by atoms with E-state index in [0.29, 0.717) is 0 Å². The zero-order chi connectivity index (χ0) is 71.9. The minimum Gasteiger partial charge on any atom is -0.309 e. The Kier molecular flexibility index (Phi) is 14.5. The Labute approximate surface area is 627 Å². The number of nitrogens with zero attached hydrogens (tertiary/aromatic N) is 6. The molecule has 0 aliphatic heterocycles. The van der Waals surface area contributed by atoms with Gasteiger partial charge in [-0.05, 0) is 133 Å². The molecule has 0 bridgehead atoms. The number of rotatable bonds is 10. The van der Waals surface area contributed by atoms with Crippen molar-refractivity contribution in [3.63, 3.8) is 0 Å². The largest absolute Gasteiger partial charge is 0.309 e. The number of hydrogen-bond donors (Lipinski definition) is 0. The van der Waals surface area contributed by atoms with E-state index in [1.807, 2.05) is 0 Å². The molecule has 0 aliphatic rings. The van der Waals surface area contributed by atoms with Gasteiger partial charge < -0.3 is 27.4 Å². The lowest BCUT2D eigenvalue weighted by molar-refractivity contribution is 1.14. The quantitative estimate of drug-likeness (QED) is 0.122. The van der Waals surface area contributed by atoms with Gasteiger partial charge in [0.1, 0.15) is 16.1 Å². The molecule has 8 heteroatoms. The number of aromatic nitrogens is 6. The van der Waals surface area contributed by atoms with Crippen molar-refractivity contribution in [2.45, 2.75) is 26.2 Å². The first-order valence-electron chi connectivity index (χ1n) is 37.6. The van der Waals surface area contributed by atoms with E-state index < -0.39 is 16.1 Å². The fourth-order valence-corrected chi connectivity index (χ4v) is 22.7. The molecule has 0 amide bonds. The van der Waals surface area contributed by atoms with E-state index in [4.69, 9.17) is 0 Å². The molecule has 108 heavy (non-hydrogen) atoms. The Morgan fingerprint density at radius 1 is 0.139 bits per heavy atom. The Morgan fingerprint density at radius 2 is 0.278 bits per heavy atom. The predicted octanol–water partition coefficient (Wildman–Crippen LogP) is 23.6. The molecule has 6 heterocycles. The molecule has 0 fully saturated rings. The minimum absolute atomic E-state index is 1.16. The second kappa shape index (κ2) is 24.7. The monoisotopic (exact) mass is 1410 g/mol. The van der Waals surface area contributed by atoms with Crippen molar-refractivity contribution in [3.8, 4) is 34.1 Å². The third-order valence-corrected chi connectivity index (χ3v) is 30.5. The fourth-order valence-electron chi connectivity index (χ4n) is 18.0. The van der Waals surface area contributed by atoms with Gasteiger partial charge in [0, 0.05) is 98.8 Å². The van der Waals surface area contributed by atoms with Gasteiger partial charge in [-0.1, -0.05) is 290 Å². The van der Waals surface area contributed by atoms with Crippen molar-refractivity contribution < 1.29 is 0 Å². The number of fused-ring (bicyclic) bond motifs is 18. The lowest BCUT2D eigenvalue weighted by Gasteiger charge is -2.28. The second-order valence-corrected chi connectivity index (χ2v) is 38.8. The lowest BCUT2D eigenvalue weighted by atomic mass is 10.2. The lowest BCUT2D eigenvalue weighted by Crippen LogP contribution is -2.53. The first-order chi connectivity index (χ1) is 53.1. The van der Waals surface area contributed by atoms with Crippen LogP contribution in [0.5, 0.6) is 0 Å². The van der Waals surface area contributed by atoms with E-state index >= 15 is 0 Å². The highest BCUT2D eigenvalue weighted by Crippen LogP contribution is 2.41. The summed E-state index contributed by atoms with van der Waals surface area (Å²) < 4.78 is 14.8. The van der Waals surface area contributed by atoms with Crippen molar-refractivity contribution in [2.75, 3.05) is 0 Å². The number of para-hydroxylation sites is 12. The minimum atomic E-state index is -2.62. The highest BCUT2D eigenvalue weighted by atomic mass is 28.3. The maximum Gasteiger partial charge on any atom is 0.112 e. The summed E-state index contributed by atoms with van der Waals surface area (Å²) in [4.78, 5) is 0. The van der Waals surface area contributed by atoms with Crippen LogP contribution in [0.1, 0.15) is 0 Å². The van der Waals surface area contributed by atoms with E-state index in [0.717, 1.165) is 22.7 Å². The van der Waals surface area contributed by atoms with Crippen molar-refractivity contribution in [1.82, 2.24) is 27.4 Å². The Morgan fingerprint density at radius 3 is 0.444 bits per heavy atom. The SMILES string of the molecule is C[Si](C)(c1cc(-n2c3ccccc3c3ccccc32)cc(-n2c3ccccc3c3ccccc32)c1)c1cc(-n2c3ccccc3c3ccccc32)cc(-n2c3ccccc3c3ccccc32)c1.C[Si](C)(c1ccc(-n2c3ccccc3c3ccccc32)cc1)c1ccc(-n2c3ccccc3c3ccccc32)cc1. The van der Waals surface area contributed by atoms with Crippen LogP contribution in [-0.4, -0.2) is 43.6 Å². The van der Waals surface area contributed by atoms with Crippen LogP contribution in [0, 0.1) is 0 Å². The van der Waals surface area contributed by atoms with Crippen molar-refractivity contribution in [1.29, 1.82) is 0 Å². The summed E-state index contributed by atoms with van der Waals surface area (Å²) in [6.07, 6.45) is 0. The van der Waals surface area contributed by atoms with Crippen LogP contribution in [0.25, 0.3) is 165 Å². The van der Waals surface area contributed by atoms with Crippen LogP contribution in [0.2, 0.25) is 26.2 Å². The van der Waals surface area contributed by atoms with Crippen molar-refractivity contribution in [2.24, 2.45) is 0 Å². The van der Waals surface area contributed by atoms with Crippen molar-refractivity contribution >= 4 is 168 Å². The van der Waals surface area contributed by atoms with Gasteiger partial charge in [-0.25, -0.2) is 0 Å². The fraction of sp³-hybridized carbons (Fsp3) is 0.0400. The van der Waals surface area contributed by atoms with Crippen LogP contribution in [0.15, 0.2) is 376 Å². The van der Waals surface area contributed by atoms with E-state index in [9.17, 15) is 0 Å². The zero-order valence-electron chi connectivity index (χ0n) is 60.5. The molecule has 0 atom stereocenters. The van der Waals surface area contributed by atoms with Gasteiger partial charge >= 0.3 is 0 Å². The number of hydrogen-bond acceptors (Lipinski definition) is 0. The van der Waals surface area contributed by atoms with Gasteiger partial charge in [0.25, 0.3) is 0 Å². The molecule has 0 saturated carbocycles. The highest BCUT2D eigenvalue weighted by molar-refractivity contribution is 7.01. The van der Waals surface area contributed by atoms with E-state index in [-0.39, 0.29) is 0 Å². The van der Waals surface area contributed by atoms with Gasteiger partial charge in [0.05, 0.1) is 66.2 Å². The van der Waals surface area contributed by atoms with Crippen LogP contribution in [0.4, 0.5) is 0 Å². The van der Waals surface area contributed by atoms with E-state index in [1.165, 1.54) is 163 Å². The standard InChI is InChI=1S/C62H44N4Si.C38H30N2Si/c1-67(2,45-37-41(63-55-27-11-3-19-47(55)48-20-4-12-28-56(48)63)35-42(38-45)64-57-29-13-5-21-49(57)50-22-6-14-30-58(50)64)46-39-43(65-59-31-15-7-23-51(59)52-24-8-16-32-60(52)65)36-44(40-46)66-61-33-17-9-25-53(61)54-26-10-18-34-62(54)66;1-41(2,29-23-19-27(20-24-29)39-35-15-7-3-11-31(35)32-12-4-8-16-36(32)39)30-25-21-28(22-26-30)40-37-17-9-5-13-33(37)34-14-6-10-18-38(34)40/h3-40H,1-2H3;3-26H,1-2H3. The summed E-state index contributed by atoms with van der Waals surface area (Å²) in [7, 11) is -4.53. The van der Waals surface area contributed by atoms with Gasteiger partial charge in [-0.2, -0.15) is 0 Å². The van der Waals surface area contributed by atoms with Crippen LogP contribution >= 0.6 is 0 Å². The topological polar surface area (TPSA) is 29.6 Å². The average Bonchev–Trinajstić information content (AvgIpc) is 1.54. The molecule has 22 rings (SSSR count). The first-order valence-corrected chi connectivity index (χ1v) is 43.6. The van der Waals surface area contributed by atoms with E-state index in [2.05, 4.69) is 430 Å². The van der Waals surface area contributed by atoms with Gasteiger partial charge in [-0.15, -0.1) is 0 Å². The van der Waals surface area contributed by atoms with Crippen LogP contribution < -0.4 is 20.7 Å². The molecule has 0 spiro atoms. The molecule has 0 unspecified atom stereocenters. The van der Waals surface area contributed by atoms with Gasteiger partial charge in [0.15, 0.2) is 0 Å². The molecule has 0 aliphatic carbocycles. The average molecular weight is 1420 g/mol. The molecule has 0 saturated heterocycles. The van der Waals surface area contributed by atoms with Gasteiger partial charge in [-0.3, -0.25) is 0 Å². The zero-order valence-corrected chi connectivity index (χ0v) is 62.5. The van der Waals surface area contributed by atoms with E-state index in [1.54, 1.807) is 0 Å². The van der Waals surface area contributed by atoms with Crippen LogP contribution in [0.3, 0.4) is 0 Å².